The number of rotatable bonds is 12. The molecule has 7 nitrogen and oxygen atoms in total. The minimum Gasteiger partial charge on any atom is -0.493 e. The number of hydrogen-bond acceptors (Lipinski definition) is 6. The molecule has 0 radical (unpaired) electrons. The van der Waals surface area contributed by atoms with Crippen LogP contribution in [0.25, 0.3) is 0 Å². The summed E-state index contributed by atoms with van der Waals surface area (Å²) in [6.07, 6.45) is 4.38. The summed E-state index contributed by atoms with van der Waals surface area (Å²) in [5, 5.41) is 14.4. The van der Waals surface area contributed by atoms with Crippen LogP contribution in [0.1, 0.15) is 25.0 Å². The fourth-order valence-electron chi connectivity index (χ4n) is 3.02. The fourth-order valence-corrected chi connectivity index (χ4v) is 3.02. The van der Waals surface area contributed by atoms with Gasteiger partial charge in [-0.3, -0.25) is 4.68 Å². The Kier molecular flexibility index (Phi) is 8.95. The topological polar surface area (TPSA) is 63.0 Å². The molecule has 29 heavy (non-hydrogen) atoms. The van der Waals surface area contributed by atoms with Crippen molar-refractivity contribution in [2.45, 2.75) is 39.0 Å². The largest absolute Gasteiger partial charge is 0.493 e. The van der Waals surface area contributed by atoms with Gasteiger partial charge in [-0.05, 0) is 57.6 Å². The second-order valence-electron chi connectivity index (χ2n) is 7.99. The van der Waals surface area contributed by atoms with Crippen molar-refractivity contribution < 1.29 is 14.6 Å². The molecule has 0 bridgehead atoms. The second kappa shape index (κ2) is 11.2. The van der Waals surface area contributed by atoms with E-state index in [0.29, 0.717) is 24.1 Å². The molecular weight excluding hydrogens is 368 g/mol. The van der Waals surface area contributed by atoms with Gasteiger partial charge in [0.25, 0.3) is 0 Å². The molecule has 0 aliphatic rings. The van der Waals surface area contributed by atoms with Crippen molar-refractivity contribution in [3.63, 3.8) is 0 Å². The Morgan fingerprint density at radius 1 is 1.17 bits per heavy atom. The van der Waals surface area contributed by atoms with Gasteiger partial charge in [0.15, 0.2) is 11.5 Å². The maximum Gasteiger partial charge on any atom is 0.161 e. The van der Waals surface area contributed by atoms with Crippen molar-refractivity contribution in [2.24, 2.45) is 7.05 Å². The molecule has 0 aliphatic heterocycles. The zero-order valence-electron chi connectivity index (χ0n) is 18.6. The van der Waals surface area contributed by atoms with Crippen molar-refractivity contribution in [3.8, 4) is 11.5 Å². The van der Waals surface area contributed by atoms with E-state index in [1.54, 1.807) is 7.11 Å². The monoisotopic (exact) mass is 404 g/mol. The number of aryl methyl sites for hydroxylation is 1. The summed E-state index contributed by atoms with van der Waals surface area (Å²) in [5.74, 6) is 1.34. The third kappa shape index (κ3) is 7.68. The average Bonchev–Trinajstić information content (AvgIpc) is 3.10. The molecule has 0 fully saturated rings. The van der Waals surface area contributed by atoms with Crippen molar-refractivity contribution in [1.82, 2.24) is 19.6 Å². The third-order valence-corrected chi connectivity index (χ3v) is 5.03. The zero-order valence-corrected chi connectivity index (χ0v) is 18.6. The van der Waals surface area contributed by atoms with Gasteiger partial charge < -0.3 is 24.4 Å². The number of nitrogens with zero attached hydrogens (tertiary/aromatic N) is 4. The molecule has 1 aromatic heterocycles. The lowest BCUT2D eigenvalue weighted by Gasteiger charge is -2.24. The Hall–Kier alpha value is -2.09. The number of ether oxygens (including phenoxy) is 2. The maximum absolute atomic E-state index is 10.2. The molecule has 2 rings (SSSR count). The SMILES string of the molecule is COc1cc(CN(C)CCc2cnn(C)c2)ccc1OCC(O)CN(C)C(C)C. The molecule has 0 amide bonds. The molecule has 0 aliphatic carbocycles. The Morgan fingerprint density at radius 3 is 2.55 bits per heavy atom. The minimum atomic E-state index is -0.551. The van der Waals surface area contributed by atoms with Crippen LogP contribution in [-0.2, 0) is 20.0 Å². The summed E-state index contributed by atoms with van der Waals surface area (Å²) < 4.78 is 13.1. The van der Waals surface area contributed by atoms with E-state index in [1.807, 2.05) is 43.2 Å². The number of hydrogen-bond donors (Lipinski definition) is 1. The molecule has 7 heteroatoms. The van der Waals surface area contributed by atoms with E-state index < -0.39 is 6.10 Å². The van der Waals surface area contributed by atoms with E-state index in [0.717, 1.165) is 25.1 Å². The molecule has 0 saturated heterocycles. The van der Waals surface area contributed by atoms with Crippen molar-refractivity contribution >= 4 is 0 Å². The van der Waals surface area contributed by atoms with E-state index >= 15 is 0 Å². The molecule has 162 valence electrons. The highest BCUT2D eigenvalue weighted by Gasteiger charge is 2.14. The summed E-state index contributed by atoms with van der Waals surface area (Å²) in [7, 11) is 7.68. The van der Waals surface area contributed by atoms with E-state index in [2.05, 4.69) is 42.0 Å². The Morgan fingerprint density at radius 2 is 1.93 bits per heavy atom. The first-order valence-electron chi connectivity index (χ1n) is 10.1. The first-order chi connectivity index (χ1) is 13.8. The standard InChI is InChI=1S/C22H36N4O3/c1-17(2)25(4)15-20(27)16-29-21-8-7-18(11-22(21)28-6)13-24(3)10-9-19-12-23-26(5)14-19/h7-8,11-12,14,17,20,27H,9-10,13,15-16H2,1-6H3. The first-order valence-corrected chi connectivity index (χ1v) is 10.1. The molecular formula is C22H36N4O3. The summed E-state index contributed by atoms with van der Waals surface area (Å²) >= 11 is 0. The smallest absolute Gasteiger partial charge is 0.161 e. The average molecular weight is 405 g/mol. The van der Waals surface area contributed by atoms with E-state index in [9.17, 15) is 5.11 Å². The van der Waals surface area contributed by atoms with E-state index in [-0.39, 0.29) is 6.61 Å². The molecule has 1 aromatic carbocycles. The predicted octanol–water partition coefficient (Wildman–Crippen LogP) is 2.18. The van der Waals surface area contributed by atoms with Gasteiger partial charge in [-0.15, -0.1) is 0 Å². The number of methoxy groups -OCH3 is 1. The lowest BCUT2D eigenvalue weighted by molar-refractivity contribution is 0.0668. The molecule has 0 spiro atoms. The third-order valence-electron chi connectivity index (χ3n) is 5.03. The number of benzene rings is 1. The van der Waals surface area contributed by atoms with Crippen LogP contribution in [-0.4, -0.2) is 77.7 Å². The van der Waals surface area contributed by atoms with Gasteiger partial charge in [0.05, 0.1) is 13.3 Å². The molecule has 2 aromatic rings. The lowest BCUT2D eigenvalue weighted by Crippen LogP contribution is -2.36. The van der Waals surface area contributed by atoms with Crippen molar-refractivity contribution in [3.05, 3.63) is 41.7 Å². The van der Waals surface area contributed by atoms with Gasteiger partial charge in [0.1, 0.15) is 12.7 Å². The van der Waals surface area contributed by atoms with Gasteiger partial charge in [0, 0.05) is 38.9 Å². The maximum atomic E-state index is 10.2. The predicted molar refractivity (Wildman–Crippen MR) is 116 cm³/mol. The highest BCUT2D eigenvalue weighted by atomic mass is 16.5. The van der Waals surface area contributed by atoms with Crippen LogP contribution < -0.4 is 9.47 Å². The molecule has 1 unspecified atom stereocenters. The highest BCUT2D eigenvalue weighted by Crippen LogP contribution is 2.28. The van der Waals surface area contributed by atoms with E-state index in [4.69, 9.17) is 9.47 Å². The van der Waals surface area contributed by atoms with Gasteiger partial charge in [-0.25, -0.2) is 0 Å². The Balaban J connectivity index is 1.86. The minimum absolute atomic E-state index is 0.234. The summed E-state index contributed by atoms with van der Waals surface area (Å²) in [6.45, 7) is 6.77. The van der Waals surface area contributed by atoms with Crippen LogP contribution in [0.2, 0.25) is 0 Å². The first kappa shape index (κ1) is 23.2. The van der Waals surface area contributed by atoms with Crippen LogP contribution in [0.4, 0.5) is 0 Å². The van der Waals surface area contributed by atoms with Crippen LogP contribution >= 0.6 is 0 Å². The van der Waals surface area contributed by atoms with Crippen molar-refractivity contribution in [2.75, 3.05) is 40.9 Å². The number of likely N-dealkylation sites (N-methyl/N-ethyl adjacent to an activating group) is 2. The molecule has 1 atom stereocenters. The lowest BCUT2D eigenvalue weighted by atomic mass is 10.1. The fraction of sp³-hybridized carbons (Fsp3) is 0.591. The second-order valence-corrected chi connectivity index (χ2v) is 7.99. The van der Waals surface area contributed by atoms with Crippen molar-refractivity contribution in [1.29, 1.82) is 0 Å². The van der Waals surface area contributed by atoms with Crippen LogP contribution in [0, 0.1) is 0 Å². The zero-order chi connectivity index (χ0) is 21.4. The Labute approximate surface area is 174 Å². The Bertz CT molecular complexity index is 747. The normalized spacial score (nSPS) is 12.8. The quantitative estimate of drug-likeness (QED) is 0.585. The number of aliphatic hydroxyl groups is 1. The molecule has 1 N–H and O–H groups in total. The van der Waals surface area contributed by atoms with Gasteiger partial charge in [-0.2, -0.15) is 5.10 Å². The summed E-state index contributed by atoms with van der Waals surface area (Å²) in [4.78, 5) is 4.36. The van der Waals surface area contributed by atoms with Crippen LogP contribution in [0.5, 0.6) is 11.5 Å². The van der Waals surface area contributed by atoms with Gasteiger partial charge in [0.2, 0.25) is 0 Å². The summed E-state index contributed by atoms with van der Waals surface area (Å²) in [6, 6.07) is 6.35. The highest BCUT2D eigenvalue weighted by molar-refractivity contribution is 5.43. The van der Waals surface area contributed by atoms with Gasteiger partial charge >= 0.3 is 0 Å². The molecule has 1 heterocycles. The summed E-state index contributed by atoms with van der Waals surface area (Å²) in [5.41, 5.74) is 2.39. The van der Waals surface area contributed by atoms with Gasteiger partial charge in [-0.1, -0.05) is 6.07 Å². The number of aromatic nitrogens is 2. The van der Waals surface area contributed by atoms with Crippen LogP contribution in [0.15, 0.2) is 30.6 Å². The van der Waals surface area contributed by atoms with E-state index in [1.165, 1.54) is 5.56 Å². The molecule has 0 saturated carbocycles. The number of aliphatic hydroxyl groups excluding tert-OH is 1. The van der Waals surface area contributed by atoms with Crippen LogP contribution in [0.3, 0.4) is 0 Å².